The molecule has 0 spiro atoms. The molecule has 136 valence electrons. The monoisotopic (exact) mass is 396 g/mol. The lowest BCUT2D eigenvalue weighted by Crippen LogP contribution is -2.45. The van der Waals surface area contributed by atoms with E-state index >= 15 is 0 Å². The molecule has 0 aliphatic carbocycles. The van der Waals surface area contributed by atoms with E-state index in [2.05, 4.69) is 47.1 Å². The lowest BCUT2D eigenvalue weighted by atomic mass is 10.2. The molecule has 0 amide bonds. The number of halogens is 2. The quantitative estimate of drug-likeness (QED) is 0.593. The number of rotatable bonds is 4. The SMILES string of the molecule is C=C(CC)N1CCN(c2ccc(Cl)cc2Cl)CC1.CCc1ccsc1. The van der Waals surface area contributed by atoms with Crippen molar-refractivity contribution in [2.24, 2.45) is 0 Å². The first kappa shape index (κ1) is 20.2. The minimum Gasteiger partial charge on any atom is -0.372 e. The first-order chi connectivity index (χ1) is 12.0. The predicted octanol–water partition coefficient (Wildman–Crippen LogP) is 6.35. The number of piperazine rings is 1. The standard InChI is InChI=1S/C14H18Cl2N2.C6H8S/c1-3-11(2)17-6-8-18(9-7-17)14-5-4-12(15)10-13(14)16;1-2-6-3-4-7-5-6/h4-5,10H,2-3,6-9H2,1H3;3-5H,2H2,1H3. The van der Waals surface area contributed by atoms with Crippen LogP contribution in [0.2, 0.25) is 10.0 Å². The zero-order valence-corrected chi connectivity index (χ0v) is 17.3. The van der Waals surface area contributed by atoms with Gasteiger partial charge in [-0.05, 0) is 53.4 Å². The van der Waals surface area contributed by atoms with Crippen molar-refractivity contribution < 1.29 is 0 Å². The van der Waals surface area contributed by atoms with Crippen LogP contribution in [-0.2, 0) is 6.42 Å². The summed E-state index contributed by atoms with van der Waals surface area (Å²) in [7, 11) is 0. The lowest BCUT2D eigenvalue weighted by molar-refractivity contribution is 0.315. The second-order valence-corrected chi connectivity index (χ2v) is 7.60. The molecule has 0 atom stereocenters. The molecule has 1 aromatic carbocycles. The van der Waals surface area contributed by atoms with Crippen LogP contribution < -0.4 is 4.90 Å². The first-order valence-electron chi connectivity index (χ1n) is 8.69. The Morgan fingerprint density at radius 2 is 1.84 bits per heavy atom. The number of nitrogens with zero attached hydrogens (tertiary/aromatic N) is 2. The predicted molar refractivity (Wildman–Crippen MR) is 113 cm³/mol. The van der Waals surface area contributed by atoms with Crippen molar-refractivity contribution in [1.29, 1.82) is 0 Å². The van der Waals surface area contributed by atoms with Gasteiger partial charge in [0.15, 0.2) is 0 Å². The third-order valence-electron chi connectivity index (χ3n) is 4.37. The summed E-state index contributed by atoms with van der Waals surface area (Å²) in [6, 6.07) is 7.84. The summed E-state index contributed by atoms with van der Waals surface area (Å²) in [6.45, 7) is 12.4. The number of allylic oxidation sites excluding steroid dienone is 1. The molecule has 0 radical (unpaired) electrons. The molecule has 5 heteroatoms. The summed E-state index contributed by atoms with van der Waals surface area (Å²) < 4.78 is 0. The van der Waals surface area contributed by atoms with Crippen LogP contribution in [0, 0.1) is 0 Å². The van der Waals surface area contributed by atoms with Crippen LogP contribution in [0.3, 0.4) is 0 Å². The van der Waals surface area contributed by atoms with Crippen molar-refractivity contribution in [2.75, 3.05) is 31.1 Å². The average molecular weight is 397 g/mol. The third-order valence-corrected chi connectivity index (χ3v) is 5.64. The van der Waals surface area contributed by atoms with Gasteiger partial charge >= 0.3 is 0 Å². The molecule has 3 rings (SSSR count). The van der Waals surface area contributed by atoms with E-state index in [9.17, 15) is 0 Å². The fourth-order valence-corrected chi connectivity index (χ4v) is 4.00. The van der Waals surface area contributed by atoms with Crippen LogP contribution in [0.25, 0.3) is 0 Å². The van der Waals surface area contributed by atoms with Crippen molar-refractivity contribution in [3.05, 3.63) is 62.9 Å². The Kier molecular flexibility index (Phi) is 8.14. The van der Waals surface area contributed by atoms with E-state index in [0.717, 1.165) is 43.3 Å². The number of aryl methyl sites for hydroxylation is 1. The highest BCUT2D eigenvalue weighted by atomic mass is 35.5. The van der Waals surface area contributed by atoms with Gasteiger partial charge in [0.1, 0.15) is 0 Å². The molecule has 0 bridgehead atoms. The molecule has 1 saturated heterocycles. The van der Waals surface area contributed by atoms with Crippen LogP contribution in [0.4, 0.5) is 5.69 Å². The molecule has 1 aliphatic heterocycles. The molecule has 1 aromatic heterocycles. The maximum absolute atomic E-state index is 6.23. The fraction of sp³-hybridized carbons (Fsp3) is 0.400. The second-order valence-electron chi connectivity index (χ2n) is 5.97. The van der Waals surface area contributed by atoms with Crippen molar-refractivity contribution in [3.63, 3.8) is 0 Å². The van der Waals surface area contributed by atoms with Gasteiger partial charge in [0.05, 0.1) is 10.7 Å². The van der Waals surface area contributed by atoms with Gasteiger partial charge in [0, 0.05) is 36.9 Å². The number of anilines is 1. The van der Waals surface area contributed by atoms with Crippen LogP contribution >= 0.6 is 34.5 Å². The molecule has 25 heavy (non-hydrogen) atoms. The molecule has 2 heterocycles. The van der Waals surface area contributed by atoms with E-state index in [1.807, 2.05) is 12.1 Å². The van der Waals surface area contributed by atoms with E-state index in [1.165, 1.54) is 17.7 Å². The summed E-state index contributed by atoms with van der Waals surface area (Å²) in [4.78, 5) is 4.65. The first-order valence-corrected chi connectivity index (χ1v) is 10.4. The second kappa shape index (κ2) is 10.1. The summed E-state index contributed by atoms with van der Waals surface area (Å²) in [5, 5.41) is 5.70. The highest BCUT2D eigenvalue weighted by molar-refractivity contribution is 7.07. The molecule has 1 aliphatic rings. The van der Waals surface area contributed by atoms with E-state index in [1.54, 1.807) is 17.4 Å². The van der Waals surface area contributed by atoms with Crippen molar-refractivity contribution >= 4 is 40.2 Å². The minimum absolute atomic E-state index is 0.682. The largest absolute Gasteiger partial charge is 0.372 e. The number of hydrogen-bond acceptors (Lipinski definition) is 3. The van der Waals surface area contributed by atoms with Gasteiger partial charge < -0.3 is 9.80 Å². The molecule has 2 nitrogen and oxygen atoms in total. The van der Waals surface area contributed by atoms with Gasteiger partial charge in [0.25, 0.3) is 0 Å². The van der Waals surface area contributed by atoms with Crippen LogP contribution in [-0.4, -0.2) is 31.1 Å². The van der Waals surface area contributed by atoms with E-state index < -0.39 is 0 Å². The van der Waals surface area contributed by atoms with Gasteiger partial charge in [-0.15, -0.1) is 0 Å². The Morgan fingerprint density at radius 1 is 1.12 bits per heavy atom. The Labute approximate surface area is 165 Å². The summed E-state index contributed by atoms with van der Waals surface area (Å²) in [5.41, 5.74) is 3.74. The van der Waals surface area contributed by atoms with Crippen LogP contribution in [0.1, 0.15) is 25.8 Å². The van der Waals surface area contributed by atoms with Gasteiger partial charge in [-0.25, -0.2) is 0 Å². The summed E-state index contributed by atoms with van der Waals surface area (Å²) in [5.74, 6) is 0. The topological polar surface area (TPSA) is 6.48 Å². The number of hydrogen-bond donors (Lipinski definition) is 0. The summed E-state index contributed by atoms with van der Waals surface area (Å²) >= 11 is 13.9. The molecule has 0 N–H and O–H groups in total. The molecular weight excluding hydrogens is 371 g/mol. The smallest absolute Gasteiger partial charge is 0.0654 e. The number of thiophene rings is 1. The highest BCUT2D eigenvalue weighted by Crippen LogP contribution is 2.29. The van der Waals surface area contributed by atoms with Gasteiger partial charge in [-0.3, -0.25) is 0 Å². The average Bonchev–Trinajstić information content (AvgIpc) is 3.16. The lowest BCUT2D eigenvalue weighted by Gasteiger charge is -2.38. The van der Waals surface area contributed by atoms with Gasteiger partial charge in [-0.2, -0.15) is 11.3 Å². The maximum atomic E-state index is 6.23. The Hall–Kier alpha value is -1.16. The normalized spacial score (nSPS) is 14.1. The summed E-state index contributed by atoms with van der Waals surface area (Å²) in [6.07, 6.45) is 2.19. The van der Waals surface area contributed by atoms with Gasteiger partial charge in [-0.1, -0.05) is 43.6 Å². The van der Waals surface area contributed by atoms with E-state index in [-0.39, 0.29) is 0 Å². The molecule has 0 unspecified atom stereocenters. The minimum atomic E-state index is 0.682. The zero-order chi connectivity index (χ0) is 18.2. The third kappa shape index (κ3) is 5.95. The van der Waals surface area contributed by atoms with Crippen LogP contribution in [0.15, 0.2) is 47.3 Å². The zero-order valence-electron chi connectivity index (χ0n) is 15.0. The van der Waals surface area contributed by atoms with Crippen LogP contribution in [0.5, 0.6) is 0 Å². The van der Waals surface area contributed by atoms with Gasteiger partial charge in [0.2, 0.25) is 0 Å². The van der Waals surface area contributed by atoms with E-state index in [4.69, 9.17) is 23.2 Å². The van der Waals surface area contributed by atoms with Crippen molar-refractivity contribution in [3.8, 4) is 0 Å². The Morgan fingerprint density at radius 3 is 2.32 bits per heavy atom. The van der Waals surface area contributed by atoms with Crippen molar-refractivity contribution in [1.82, 2.24) is 4.90 Å². The molecular formula is C20H26Cl2N2S. The molecule has 0 saturated carbocycles. The Balaban J connectivity index is 0.000000269. The van der Waals surface area contributed by atoms with Crippen molar-refractivity contribution in [2.45, 2.75) is 26.7 Å². The van der Waals surface area contributed by atoms with E-state index in [0.29, 0.717) is 5.02 Å². The molecule has 2 aromatic rings. The highest BCUT2D eigenvalue weighted by Gasteiger charge is 2.19. The fourth-order valence-electron chi connectivity index (χ4n) is 2.72. The molecule has 1 fully saturated rings. The Bertz CT molecular complexity index is 662. The maximum Gasteiger partial charge on any atom is 0.0654 e. The number of benzene rings is 1.